The third-order valence-electron chi connectivity index (χ3n) is 2.58. The molecule has 0 aliphatic carbocycles. The van der Waals surface area contributed by atoms with Crippen molar-refractivity contribution >= 4 is 21.9 Å². The van der Waals surface area contributed by atoms with Gasteiger partial charge in [0.25, 0.3) is 0 Å². The van der Waals surface area contributed by atoms with Gasteiger partial charge in [0.15, 0.2) is 5.96 Å². The highest BCUT2D eigenvalue weighted by molar-refractivity contribution is 9.10. The van der Waals surface area contributed by atoms with Gasteiger partial charge in [-0.3, -0.25) is 4.99 Å². The summed E-state index contributed by atoms with van der Waals surface area (Å²) in [6, 6.07) is 6.03. The molecule has 1 aromatic rings. The van der Waals surface area contributed by atoms with Crippen molar-refractivity contribution in [2.45, 2.75) is 20.4 Å². The zero-order valence-corrected chi connectivity index (χ0v) is 13.5. The van der Waals surface area contributed by atoms with Crippen LogP contribution < -0.4 is 15.4 Å². The van der Waals surface area contributed by atoms with Gasteiger partial charge in [0.1, 0.15) is 5.75 Å². The van der Waals surface area contributed by atoms with Crippen LogP contribution in [0.5, 0.6) is 5.75 Å². The van der Waals surface area contributed by atoms with Gasteiger partial charge >= 0.3 is 0 Å². The standard InChI is InChI=1S/C14H22BrN3O/c1-10(2)8-17-14(16-3)18-9-11-5-6-13(19-4)12(15)7-11/h5-7,10H,8-9H2,1-4H3,(H2,16,17,18). The van der Waals surface area contributed by atoms with Crippen LogP contribution in [0.3, 0.4) is 0 Å². The minimum Gasteiger partial charge on any atom is -0.496 e. The number of halogens is 1. The van der Waals surface area contributed by atoms with Crippen molar-refractivity contribution in [3.05, 3.63) is 28.2 Å². The molecule has 0 aromatic heterocycles. The lowest BCUT2D eigenvalue weighted by Crippen LogP contribution is -2.38. The van der Waals surface area contributed by atoms with Crippen LogP contribution >= 0.6 is 15.9 Å². The molecule has 0 heterocycles. The van der Waals surface area contributed by atoms with Gasteiger partial charge in [0.05, 0.1) is 11.6 Å². The van der Waals surface area contributed by atoms with Crippen molar-refractivity contribution in [1.82, 2.24) is 10.6 Å². The summed E-state index contributed by atoms with van der Waals surface area (Å²) in [6.07, 6.45) is 0. The van der Waals surface area contributed by atoms with Crippen molar-refractivity contribution in [2.24, 2.45) is 10.9 Å². The molecule has 0 aliphatic rings. The number of nitrogens with one attached hydrogen (secondary N) is 2. The van der Waals surface area contributed by atoms with E-state index in [0.29, 0.717) is 5.92 Å². The Labute approximate surface area is 123 Å². The van der Waals surface area contributed by atoms with Crippen LogP contribution in [0.1, 0.15) is 19.4 Å². The Bertz CT molecular complexity index is 433. The van der Waals surface area contributed by atoms with E-state index in [2.05, 4.69) is 45.4 Å². The molecule has 106 valence electrons. The number of guanidine groups is 1. The molecule has 1 aromatic carbocycles. The number of rotatable bonds is 5. The fraction of sp³-hybridized carbons (Fsp3) is 0.500. The number of hydrogen-bond donors (Lipinski definition) is 2. The lowest BCUT2D eigenvalue weighted by molar-refractivity contribution is 0.412. The highest BCUT2D eigenvalue weighted by Crippen LogP contribution is 2.25. The highest BCUT2D eigenvalue weighted by atomic mass is 79.9. The molecule has 0 amide bonds. The van der Waals surface area contributed by atoms with Crippen molar-refractivity contribution in [3.8, 4) is 5.75 Å². The van der Waals surface area contributed by atoms with Gasteiger partial charge in [-0.05, 0) is 39.5 Å². The Morgan fingerprint density at radius 2 is 2.11 bits per heavy atom. The number of hydrogen-bond acceptors (Lipinski definition) is 2. The summed E-state index contributed by atoms with van der Waals surface area (Å²) in [4.78, 5) is 4.19. The van der Waals surface area contributed by atoms with Gasteiger partial charge in [-0.15, -0.1) is 0 Å². The second-order valence-electron chi connectivity index (χ2n) is 4.67. The number of methoxy groups -OCH3 is 1. The molecular weight excluding hydrogens is 306 g/mol. The SMILES string of the molecule is CN=C(NCc1ccc(OC)c(Br)c1)NCC(C)C. The van der Waals surface area contributed by atoms with E-state index in [0.717, 1.165) is 29.3 Å². The van der Waals surface area contributed by atoms with E-state index in [9.17, 15) is 0 Å². The molecule has 0 bridgehead atoms. The third-order valence-corrected chi connectivity index (χ3v) is 3.20. The van der Waals surface area contributed by atoms with E-state index in [1.54, 1.807) is 14.2 Å². The fourth-order valence-corrected chi connectivity index (χ4v) is 2.12. The summed E-state index contributed by atoms with van der Waals surface area (Å²) in [5.74, 6) is 2.25. The highest BCUT2D eigenvalue weighted by Gasteiger charge is 2.03. The second kappa shape index (κ2) is 8.04. The van der Waals surface area contributed by atoms with Gasteiger partial charge < -0.3 is 15.4 Å². The van der Waals surface area contributed by atoms with Gasteiger partial charge in [-0.2, -0.15) is 0 Å². The van der Waals surface area contributed by atoms with Gasteiger partial charge in [-0.25, -0.2) is 0 Å². The maximum absolute atomic E-state index is 5.21. The van der Waals surface area contributed by atoms with Crippen LogP contribution in [0.15, 0.2) is 27.7 Å². The topological polar surface area (TPSA) is 45.7 Å². The Kier molecular flexibility index (Phi) is 6.70. The van der Waals surface area contributed by atoms with Gasteiger partial charge in [0.2, 0.25) is 0 Å². The summed E-state index contributed by atoms with van der Waals surface area (Å²) >= 11 is 3.48. The molecule has 0 radical (unpaired) electrons. The van der Waals surface area contributed by atoms with Crippen LogP contribution in [0.25, 0.3) is 0 Å². The van der Waals surface area contributed by atoms with E-state index in [-0.39, 0.29) is 0 Å². The van der Waals surface area contributed by atoms with E-state index >= 15 is 0 Å². The number of ether oxygens (including phenoxy) is 1. The maximum atomic E-state index is 5.21. The normalized spacial score (nSPS) is 11.6. The lowest BCUT2D eigenvalue weighted by atomic mass is 10.2. The average Bonchev–Trinajstić information content (AvgIpc) is 2.39. The van der Waals surface area contributed by atoms with Crippen molar-refractivity contribution < 1.29 is 4.74 Å². The second-order valence-corrected chi connectivity index (χ2v) is 5.52. The molecule has 0 saturated heterocycles. The van der Waals surface area contributed by atoms with Crippen LogP contribution in [-0.4, -0.2) is 26.7 Å². The summed E-state index contributed by atoms with van der Waals surface area (Å²) in [5.41, 5.74) is 1.17. The quantitative estimate of drug-likeness (QED) is 0.645. The molecule has 19 heavy (non-hydrogen) atoms. The van der Waals surface area contributed by atoms with Gasteiger partial charge in [-0.1, -0.05) is 19.9 Å². The van der Waals surface area contributed by atoms with Crippen LogP contribution in [0.2, 0.25) is 0 Å². The summed E-state index contributed by atoms with van der Waals surface area (Å²) in [6.45, 7) is 5.97. The first-order chi connectivity index (χ1) is 9.06. The molecular formula is C14H22BrN3O. The summed E-state index contributed by atoms with van der Waals surface area (Å²) in [7, 11) is 3.44. The van der Waals surface area contributed by atoms with E-state index in [4.69, 9.17) is 4.74 Å². The first-order valence-corrected chi connectivity index (χ1v) is 7.13. The van der Waals surface area contributed by atoms with Crippen LogP contribution in [0, 0.1) is 5.92 Å². The Hall–Kier alpha value is -1.23. The Balaban J connectivity index is 2.53. The molecule has 2 N–H and O–H groups in total. The molecule has 0 unspecified atom stereocenters. The Morgan fingerprint density at radius 1 is 1.37 bits per heavy atom. The maximum Gasteiger partial charge on any atom is 0.191 e. The first kappa shape index (κ1) is 15.8. The first-order valence-electron chi connectivity index (χ1n) is 6.33. The third kappa shape index (κ3) is 5.51. The van der Waals surface area contributed by atoms with Crippen LogP contribution in [0.4, 0.5) is 0 Å². The van der Waals surface area contributed by atoms with Crippen molar-refractivity contribution in [2.75, 3.05) is 20.7 Å². The fourth-order valence-electron chi connectivity index (χ4n) is 1.53. The molecule has 0 atom stereocenters. The van der Waals surface area contributed by atoms with E-state index in [1.807, 2.05) is 18.2 Å². The van der Waals surface area contributed by atoms with E-state index in [1.165, 1.54) is 5.56 Å². The smallest absolute Gasteiger partial charge is 0.191 e. The number of benzene rings is 1. The molecule has 0 saturated carbocycles. The predicted molar refractivity (Wildman–Crippen MR) is 83.7 cm³/mol. The monoisotopic (exact) mass is 327 g/mol. The average molecular weight is 328 g/mol. The molecule has 0 fully saturated rings. The largest absolute Gasteiger partial charge is 0.496 e. The minimum absolute atomic E-state index is 0.591. The number of nitrogens with zero attached hydrogens (tertiary/aromatic N) is 1. The summed E-state index contributed by atoms with van der Waals surface area (Å²) in [5, 5.41) is 6.56. The predicted octanol–water partition coefficient (Wildman–Crippen LogP) is 2.78. The van der Waals surface area contributed by atoms with E-state index < -0.39 is 0 Å². The minimum atomic E-state index is 0.591. The summed E-state index contributed by atoms with van der Waals surface area (Å²) < 4.78 is 6.17. The zero-order valence-electron chi connectivity index (χ0n) is 12.0. The zero-order chi connectivity index (χ0) is 14.3. The lowest BCUT2D eigenvalue weighted by Gasteiger charge is -2.14. The Morgan fingerprint density at radius 3 is 2.63 bits per heavy atom. The molecule has 5 heteroatoms. The van der Waals surface area contributed by atoms with Crippen molar-refractivity contribution in [3.63, 3.8) is 0 Å². The number of aliphatic imine (C=N–C) groups is 1. The van der Waals surface area contributed by atoms with Gasteiger partial charge in [0, 0.05) is 20.1 Å². The van der Waals surface area contributed by atoms with Crippen molar-refractivity contribution in [1.29, 1.82) is 0 Å². The molecule has 1 rings (SSSR count). The molecule has 0 aliphatic heterocycles. The van der Waals surface area contributed by atoms with Crippen LogP contribution in [-0.2, 0) is 6.54 Å². The molecule has 0 spiro atoms. The molecule has 4 nitrogen and oxygen atoms in total.